The number of fused-ring (bicyclic) bond motifs is 1. The van der Waals surface area contributed by atoms with Crippen LogP contribution in [0, 0.1) is 0 Å². The highest BCUT2D eigenvalue weighted by Crippen LogP contribution is 2.20. The van der Waals surface area contributed by atoms with Gasteiger partial charge in [-0.25, -0.2) is 0 Å². The molecule has 0 saturated carbocycles. The van der Waals surface area contributed by atoms with E-state index in [9.17, 15) is 13.2 Å². The first-order valence-corrected chi connectivity index (χ1v) is 9.33. The van der Waals surface area contributed by atoms with E-state index in [1.165, 1.54) is 15.8 Å². The largest absolute Gasteiger partial charge is 0.401 e. The monoisotopic (exact) mass is 509 g/mol. The van der Waals surface area contributed by atoms with Crippen molar-refractivity contribution in [2.24, 2.45) is 4.99 Å². The van der Waals surface area contributed by atoms with Crippen molar-refractivity contribution in [2.45, 2.75) is 32.0 Å². The predicted molar refractivity (Wildman–Crippen MR) is 117 cm³/mol. The lowest BCUT2D eigenvalue weighted by atomic mass is 10.1. The summed E-state index contributed by atoms with van der Waals surface area (Å²) in [5.41, 5.74) is 2.32. The molecule has 1 aliphatic heterocycles. The standard InChI is InChI=1S/C19H26F3N5.HI/c1-2-23-18(26-15-8-10-27(12-15)13-19(20,21)22)24-9-7-14-11-25-17-6-4-3-5-16(14)17;/h3-6,11,15,25H,2,7-10,12-13H2,1H3,(H2,23,24,26);1H. The number of halogens is 4. The van der Waals surface area contributed by atoms with Crippen molar-refractivity contribution in [3.63, 3.8) is 0 Å². The average molecular weight is 509 g/mol. The van der Waals surface area contributed by atoms with Crippen molar-refractivity contribution in [1.82, 2.24) is 20.5 Å². The van der Waals surface area contributed by atoms with E-state index in [0.717, 1.165) is 11.9 Å². The van der Waals surface area contributed by atoms with E-state index in [4.69, 9.17) is 0 Å². The molecule has 0 bridgehead atoms. The normalized spacial score (nSPS) is 18.3. The third-order valence-corrected chi connectivity index (χ3v) is 4.69. The fraction of sp³-hybridized carbons (Fsp3) is 0.526. The number of H-pyrrole nitrogens is 1. The van der Waals surface area contributed by atoms with E-state index in [-0.39, 0.29) is 30.0 Å². The molecule has 3 rings (SSSR count). The zero-order chi connectivity index (χ0) is 19.3. The maximum absolute atomic E-state index is 12.5. The first-order valence-electron chi connectivity index (χ1n) is 9.33. The molecule has 0 radical (unpaired) electrons. The second-order valence-corrected chi connectivity index (χ2v) is 6.85. The third-order valence-electron chi connectivity index (χ3n) is 4.69. The van der Waals surface area contributed by atoms with E-state index in [0.29, 0.717) is 38.6 Å². The van der Waals surface area contributed by atoms with E-state index < -0.39 is 12.7 Å². The van der Waals surface area contributed by atoms with Crippen LogP contribution in [0.15, 0.2) is 35.5 Å². The van der Waals surface area contributed by atoms with Gasteiger partial charge in [0.15, 0.2) is 5.96 Å². The molecule has 3 N–H and O–H groups in total. The van der Waals surface area contributed by atoms with E-state index in [1.54, 1.807) is 0 Å². The van der Waals surface area contributed by atoms with Gasteiger partial charge in [-0.2, -0.15) is 13.2 Å². The molecular weight excluding hydrogens is 482 g/mol. The molecule has 0 amide bonds. The van der Waals surface area contributed by atoms with Crippen molar-refractivity contribution in [3.05, 3.63) is 36.0 Å². The molecule has 2 aromatic rings. The van der Waals surface area contributed by atoms with Crippen LogP contribution in [0.25, 0.3) is 10.9 Å². The first kappa shape index (κ1) is 22.8. The number of hydrogen-bond donors (Lipinski definition) is 3. The van der Waals surface area contributed by atoms with Crippen LogP contribution >= 0.6 is 24.0 Å². The van der Waals surface area contributed by atoms with Crippen LogP contribution in [-0.4, -0.2) is 60.8 Å². The Balaban J connectivity index is 0.00000280. The van der Waals surface area contributed by atoms with Gasteiger partial charge in [0.2, 0.25) is 0 Å². The zero-order valence-electron chi connectivity index (χ0n) is 15.9. The number of likely N-dealkylation sites (tertiary alicyclic amines) is 1. The van der Waals surface area contributed by atoms with Crippen molar-refractivity contribution < 1.29 is 13.2 Å². The summed E-state index contributed by atoms with van der Waals surface area (Å²) in [7, 11) is 0. The van der Waals surface area contributed by atoms with Gasteiger partial charge in [-0.1, -0.05) is 18.2 Å². The summed E-state index contributed by atoms with van der Waals surface area (Å²) in [4.78, 5) is 9.29. The zero-order valence-corrected chi connectivity index (χ0v) is 18.2. The highest BCUT2D eigenvalue weighted by Gasteiger charge is 2.34. The van der Waals surface area contributed by atoms with Crippen LogP contribution in [0.2, 0.25) is 0 Å². The molecule has 1 saturated heterocycles. The van der Waals surface area contributed by atoms with Crippen LogP contribution in [0.3, 0.4) is 0 Å². The predicted octanol–water partition coefficient (Wildman–Crippen LogP) is 3.52. The maximum atomic E-state index is 12.5. The van der Waals surface area contributed by atoms with Gasteiger partial charge >= 0.3 is 6.18 Å². The Morgan fingerprint density at radius 1 is 1.32 bits per heavy atom. The number of alkyl halides is 3. The minimum Gasteiger partial charge on any atom is -0.361 e. The molecule has 0 aliphatic carbocycles. The van der Waals surface area contributed by atoms with Crippen LogP contribution < -0.4 is 10.6 Å². The molecule has 0 spiro atoms. The number of para-hydroxylation sites is 1. The molecule has 1 fully saturated rings. The van der Waals surface area contributed by atoms with Gasteiger partial charge in [0.25, 0.3) is 0 Å². The fourth-order valence-corrected chi connectivity index (χ4v) is 3.49. The summed E-state index contributed by atoms with van der Waals surface area (Å²) in [5, 5.41) is 7.65. The Labute approximate surface area is 180 Å². The summed E-state index contributed by atoms with van der Waals surface area (Å²) < 4.78 is 37.6. The molecule has 1 atom stereocenters. The summed E-state index contributed by atoms with van der Waals surface area (Å²) in [6.07, 6.45) is -0.659. The lowest BCUT2D eigenvalue weighted by Crippen LogP contribution is -2.45. The number of nitrogens with zero attached hydrogens (tertiary/aromatic N) is 2. The van der Waals surface area contributed by atoms with Gasteiger partial charge in [-0.15, -0.1) is 24.0 Å². The van der Waals surface area contributed by atoms with Crippen LogP contribution in [0.5, 0.6) is 0 Å². The lowest BCUT2D eigenvalue weighted by Gasteiger charge is -2.19. The number of aromatic amines is 1. The number of aromatic nitrogens is 1. The molecule has 5 nitrogen and oxygen atoms in total. The minimum absolute atomic E-state index is 0. The maximum Gasteiger partial charge on any atom is 0.401 e. The summed E-state index contributed by atoms with van der Waals surface area (Å²) in [5.74, 6) is 0.663. The Hall–Kier alpha value is -1.49. The molecular formula is C19H27F3IN5. The number of guanidine groups is 1. The third kappa shape index (κ3) is 6.54. The average Bonchev–Trinajstić information content (AvgIpc) is 3.21. The van der Waals surface area contributed by atoms with E-state index >= 15 is 0 Å². The topological polar surface area (TPSA) is 55.5 Å². The Bertz CT molecular complexity index is 774. The van der Waals surface area contributed by atoms with Gasteiger partial charge in [0.05, 0.1) is 6.54 Å². The van der Waals surface area contributed by atoms with Crippen molar-refractivity contribution in [1.29, 1.82) is 0 Å². The second kappa shape index (κ2) is 10.3. The summed E-state index contributed by atoms with van der Waals surface area (Å²) in [6, 6.07) is 8.12. The van der Waals surface area contributed by atoms with Crippen LogP contribution in [0.1, 0.15) is 18.9 Å². The molecule has 1 unspecified atom stereocenters. The first-order chi connectivity index (χ1) is 12.9. The fourth-order valence-electron chi connectivity index (χ4n) is 3.49. The van der Waals surface area contributed by atoms with E-state index in [2.05, 4.69) is 26.7 Å². The molecule has 28 heavy (non-hydrogen) atoms. The van der Waals surface area contributed by atoms with Crippen molar-refractivity contribution in [3.8, 4) is 0 Å². The molecule has 1 aromatic carbocycles. The summed E-state index contributed by atoms with van der Waals surface area (Å²) in [6.45, 7) is 3.27. The van der Waals surface area contributed by atoms with Crippen molar-refractivity contribution >= 4 is 40.8 Å². The number of benzene rings is 1. The van der Waals surface area contributed by atoms with Gasteiger partial charge in [-0.05, 0) is 31.4 Å². The molecule has 2 heterocycles. The van der Waals surface area contributed by atoms with Crippen LogP contribution in [-0.2, 0) is 6.42 Å². The second-order valence-electron chi connectivity index (χ2n) is 6.85. The van der Waals surface area contributed by atoms with Crippen LogP contribution in [0.4, 0.5) is 13.2 Å². The highest BCUT2D eigenvalue weighted by molar-refractivity contribution is 14.0. The SMILES string of the molecule is CCNC(=NCCc1c[nH]c2ccccc12)NC1CCN(CC(F)(F)F)C1.I. The molecule has 1 aliphatic rings. The molecule has 156 valence electrons. The molecule has 1 aromatic heterocycles. The highest BCUT2D eigenvalue weighted by atomic mass is 127. The minimum atomic E-state index is -4.15. The number of hydrogen-bond acceptors (Lipinski definition) is 2. The van der Waals surface area contributed by atoms with Gasteiger partial charge < -0.3 is 15.6 Å². The molecule has 9 heteroatoms. The number of aliphatic imine (C=N–C) groups is 1. The lowest BCUT2D eigenvalue weighted by molar-refractivity contribution is -0.143. The van der Waals surface area contributed by atoms with Crippen molar-refractivity contribution in [2.75, 3.05) is 32.7 Å². The quantitative estimate of drug-likeness (QED) is 0.318. The van der Waals surface area contributed by atoms with E-state index in [1.807, 2.05) is 31.3 Å². The van der Waals surface area contributed by atoms with Gasteiger partial charge in [0.1, 0.15) is 0 Å². The Morgan fingerprint density at radius 3 is 2.86 bits per heavy atom. The van der Waals surface area contributed by atoms with Gasteiger partial charge in [0, 0.05) is 49.3 Å². The Kier molecular flexibility index (Phi) is 8.41. The smallest absolute Gasteiger partial charge is 0.361 e. The number of nitrogens with one attached hydrogen (secondary N) is 3. The van der Waals surface area contributed by atoms with Gasteiger partial charge in [-0.3, -0.25) is 9.89 Å². The number of rotatable bonds is 6. The summed E-state index contributed by atoms with van der Waals surface area (Å²) >= 11 is 0. The Morgan fingerprint density at radius 2 is 2.11 bits per heavy atom.